The van der Waals surface area contributed by atoms with Crippen molar-refractivity contribution < 1.29 is 14.3 Å². The minimum Gasteiger partial charge on any atom is -0.466 e. The number of carbonyl (C=O) groups is 2. The Labute approximate surface area is 194 Å². The van der Waals surface area contributed by atoms with E-state index in [2.05, 4.69) is 16.9 Å². The van der Waals surface area contributed by atoms with E-state index < -0.39 is 0 Å². The maximum Gasteiger partial charge on any atom is 0.309 e. The molecule has 1 aromatic heterocycles. The fraction of sp³-hybridized carbons (Fsp3) is 0.500. The standard InChI is InChI=1S/C24H32N4O3S/c1-5-20-15-21(27(3)4)26-24(25-20)32-16-17-7-9-18(10-8-17)22(29)28-13-11-19(12-14-28)23(30)31-6-2/h7-10,15,19H,5-6,11-14,16H2,1-4H3. The number of aryl methyl sites for hydroxylation is 1. The first-order chi connectivity index (χ1) is 15.4. The number of hydrogen-bond donors (Lipinski definition) is 0. The molecule has 0 aliphatic carbocycles. The Hall–Kier alpha value is -2.61. The number of benzene rings is 1. The molecule has 7 nitrogen and oxygen atoms in total. The van der Waals surface area contributed by atoms with Gasteiger partial charge >= 0.3 is 5.97 Å². The van der Waals surface area contributed by atoms with Crippen molar-refractivity contribution in [2.45, 2.75) is 44.0 Å². The number of carbonyl (C=O) groups excluding carboxylic acids is 2. The molecule has 0 unspecified atom stereocenters. The molecule has 32 heavy (non-hydrogen) atoms. The smallest absolute Gasteiger partial charge is 0.309 e. The molecule has 0 radical (unpaired) electrons. The summed E-state index contributed by atoms with van der Waals surface area (Å²) in [6.07, 6.45) is 2.18. The third-order valence-corrected chi connectivity index (χ3v) is 6.45. The average molecular weight is 457 g/mol. The van der Waals surface area contributed by atoms with Crippen LogP contribution in [-0.2, 0) is 21.7 Å². The number of thioether (sulfide) groups is 1. The zero-order valence-electron chi connectivity index (χ0n) is 19.3. The molecule has 2 aromatic rings. The molecule has 1 aromatic carbocycles. The topological polar surface area (TPSA) is 75.6 Å². The first kappa shape index (κ1) is 24.0. The molecule has 1 fully saturated rings. The van der Waals surface area contributed by atoms with Crippen LogP contribution in [0.2, 0.25) is 0 Å². The number of aromatic nitrogens is 2. The molecular weight excluding hydrogens is 424 g/mol. The summed E-state index contributed by atoms with van der Waals surface area (Å²) in [6.45, 7) is 5.47. The highest BCUT2D eigenvalue weighted by Gasteiger charge is 2.28. The fourth-order valence-corrected chi connectivity index (χ4v) is 4.41. The van der Waals surface area contributed by atoms with Crippen LogP contribution in [0.5, 0.6) is 0 Å². The Kier molecular flexibility index (Phi) is 8.50. The lowest BCUT2D eigenvalue weighted by atomic mass is 9.96. The molecule has 0 spiro atoms. The second-order valence-corrected chi connectivity index (χ2v) is 8.99. The van der Waals surface area contributed by atoms with E-state index in [9.17, 15) is 9.59 Å². The van der Waals surface area contributed by atoms with Gasteiger partial charge in [-0.3, -0.25) is 9.59 Å². The summed E-state index contributed by atoms with van der Waals surface area (Å²) in [5.41, 5.74) is 2.82. The third kappa shape index (κ3) is 6.22. The molecule has 1 aliphatic heterocycles. The Morgan fingerprint density at radius 1 is 1.12 bits per heavy atom. The summed E-state index contributed by atoms with van der Waals surface area (Å²) < 4.78 is 5.11. The van der Waals surface area contributed by atoms with Crippen LogP contribution in [0.15, 0.2) is 35.5 Å². The van der Waals surface area contributed by atoms with Crippen LogP contribution in [0, 0.1) is 5.92 Å². The van der Waals surface area contributed by atoms with Crippen LogP contribution in [-0.4, -0.2) is 60.5 Å². The van der Waals surface area contributed by atoms with Crippen molar-refractivity contribution in [3.8, 4) is 0 Å². The summed E-state index contributed by atoms with van der Waals surface area (Å²) in [7, 11) is 3.95. The maximum atomic E-state index is 12.8. The fourth-order valence-electron chi connectivity index (χ4n) is 3.59. The molecule has 1 amide bonds. The van der Waals surface area contributed by atoms with Crippen LogP contribution in [0.1, 0.15) is 48.3 Å². The SMILES string of the molecule is CCOC(=O)C1CCN(C(=O)c2ccc(CSc3nc(CC)cc(N(C)C)n3)cc2)CC1. The Morgan fingerprint density at radius 2 is 1.81 bits per heavy atom. The summed E-state index contributed by atoms with van der Waals surface area (Å²) in [4.78, 5) is 37.8. The number of likely N-dealkylation sites (tertiary alicyclic amines) is 1. The Morgan fingerprint density at radius 3 is 2.41 bits per heavy atom. The molecule has 0 bridgehead atoms. The van der Waals surface area contributed by atoms with Gasteiger partial charge in [-0.05, 0) is 43.9 Å². The number of nitrogens with zero attached hydrogens (tertiary/aromatic N) is 4. The lowest BCUT2D eigenvalue weighted by molar-refractivity contribution is -0.149. The zero-order chi connectivity index (χ0) is 23.1. The Balaban J connectivity index is 1.56. The van der Waals surface area contributed by atoms with E-state index in [0.717, 1.165) is 34.4 Å². The first-order valence-corrected chi connectivity index (χ1v) is 12.1. The highest BCUT2D eigenvalue weighted by atomic mass is 32.2. The number of esters is 1. The molecule has 1 aliphatic rings. The van der Waals surface area contributed by atoms with Gasteiger partial charge in [0.2, 0.25) is 0 Å². The summed E-state index contributed by atoms with van der Waals surface area (Å²) >= 11 is 1.60. The van der Waals surface area contributed by atoms with Gasteiger partial charge < -0.3 is 14.5 Å². The predicted molar refractivity (Wildman–Crippen MR) is 127 cm³/mol. The Bertz CT molecular complexity index is 925. The number of ether oxygens (including phenoxy) is 1. The van der Waals surface area contributed by atoms with E-state index in [1.54, 1.807) is 11.8 Å². The molecule has 3 rings (SSSR count). The molecule has 0 N–H and O–H groups in total. The van der Waals surface area contributed by atoms with Gasteiger partial charge in [-0.1, -0.05) is 30.8 Å². The van der Waals surface area contributed by atoms with E-state index in [4.69, 9.17) is 4.74 Å². The first-order valence-electron chi connectivity index (χ1n) is 11.1. The highest BCUT2D eigenvalue weighted by Crippen LogP contribution is 2.24. The van der Waals surface area contributed by atoms with Gasteiger partial charge in [0.15, 0.2) is 5.16 Å². The molecular formula is C24H32N4O3S. The van der Waals surface area contributed by atoms with Gasteiger partial charge in [0.1, 0.15) is 5.82 Å². The van der Waals surface area contributed by atoms with Gasteiger partial charge in [0.25, 0.3) is 5.91 Å². The van der Waals surface area contributed by atoms with Crippen LogP contribution >= 0.6 is 11.8 Å². The van der Waals surface area contributed by atoms with Crippen molar-refractivity contribution in [2.24, 2.45) is 5.92 Å². The quantitative estimate of drug-likeness (QED) is 0.340. The van der Waals surface area contributed by atoms with E-state index in [1.807, 2.05) is 61.2 Å². The maximum absolute atomic E-state index is 12.8. The summed E-state index contributed by atoms with van der Waals surface area (Å²) in [6, 6.07) is 9.75. The van der Waals surface area contributed by atoms with Crippen LogP contribution in [0.25, 0.3) is 0 Å². The normalized spacial score (nSPS) is 14.3. The molecule has 0 saturated carbocycles. The predicted octanol–water partition coefficient (Wildman–Crippen LogP) is 3.81. The number of rotatable bonds is 8. The average Bonchev–Trinajstić information content (AvgIpc) is 2.82. The van der Waals surface area contributed by atoms with Gasteiger partial charge in [-0.2, -0.15) is 0 Å². The number of amides is 1. The largest absolute Gasteiger partial charge is 0.466 e. The molecule has 0 atom stereocenters. The van der Waals surface area contributed by atoms with Crippen molar-refractivity contribution in [2.75, 3.05) is 38.7 Å². The number of anilines is 1. The third-order valence-electron chi connectivity index (χ3n) is 5.54. The van der Waals surface area contributed by atoms with Crippen molar-refractivity contribution in [3.05, 3.63) is 47.2 Å². The minimum absolute atomic E-state index is 0.0149. The van der Waals surface area contributed by atoms with Gasteiger partial charge in [0.05, 0.1) is 12.5 Å². The molecule has 2 heterocycles. The molecule has 172 valence electrons. The molecule has 8 heteroatoms. The van der Waals surface area contributed by atoms with E-state index in [-0.39, 0.29) is 17.8 Å². The lowest BCUT2D eigenvalue weighted by Gasteiger charge is -2.31. The van der Waals surface area contributed by atoms with Gasteiger partial charge in [-0.15, -0.1) is 0 Å². The van der Waals surface area contributed by atoms with Crippen molar-refractivity contribution >= 4 is 29.5 Å². The van der Waals surface area contributed by atoms with Crippen LogP contribution < -0.4 is 4.90 Å². The number of hydrogen-bond acceptors (Lipinski definition) is 7. The van der Waals surface area contributed by atoms with Gasteiger partial charge in [0, 0.05) is 50.3 Å². The minimum atomic E-state index is -0.146. The molecule has 1 saturated heterocycles. The van der Waals surface area contributed by atoms with E-state index in [0.29, 0.717) is 38.1 Å². The summed E-state index contributed by atoms with van der Waals surface area (Å²) in [5, 5.41) is 0.762. The van der Waals surface area contributed by atoms with Crippen molar-refractivity contribution in [1.29, 1.82) is 0 Å². The van der Waals surface area contributed by atoms with E-state index in [1.165, 1.54) is 0 Å². The number of piperidine rings is 1. The zero-order valence-corrected chi connectivity index (χ0v) is 20.2. The van der Waals surface area contributed by atoms with Crippen LogP contribution in [0.3, 0.4) is 0 Å². The second kappa shape index (κ2) is 11.3. The summed E-state index contributed by atoms with van der Waals surface area (Å²) in [5.74, 6) is 1.42. The van der Waals surface area contributed by atoms with Crippen molar-refractivity contribution in [1.82, 2.24) is 14.9 Å². The lowest BCUT2D eigenvalue weighted by Crippen LogP contribution is -2.40. The van der Waals surface area contributed by atoms with E-state index >= 15 is 0 Å². The monoisotopic (exact) mass is 456 g/mol. The van der Waals surface area contributed by atoms with Crippen molar-refractivity contribution in [3.63, 3.8) is 0 Å². The second-order valence-electron chi connectivity index (χ2n) is 8.05. The highest BCUT2D eigenvalue weighted by molar-refractivity contribution is 7.98. The van der Waals surface area contributed by atoms with Crippen LogP contribution in [0.4, 0.5) is 5.82 Å². The van der Waals surface area contributed by atoms with Gasteiger partial charge in [-0.25, -0.2) is 9.97 Å².